The van der Waals surface area contributed by atoms with E-state index in [9.17, 15) is 14.7 Å². The van der Waals surface area contributed by atoms with Crippen LogP contribution in [0.4, 0.5) is 0 Å². The highest BCUT2D eigenvalue weighted by atomic mass is 32.1. The van der Waals surface area contributed by atoms with Gasteiger partial charge in [-0.1, -0.05) is 12.8 Å². The maximum atomic E-state index is 11.4. The Balaban J connectivity index is 4.22. The second kappa shape index (κ2) is 9.55. The Labute approximate surface area is 119 Å². The lowest BCUT2D eigenvalue weighted by atomic mass is 9.77. The summed E-state index contributed by atoms with van der Waals surface area (Å²) in [5.74, 6) is -0.515. The van der Waals surface area contributed by atoms with E-state index in [1.54, 1.807) is 0 Å². The topological polar surface area (TPSA) is 74.6 Å². The van der Waals surface area contributed by atoms with Gasteiger partial charge < -0.3 is 10.2 Å². The lowest BCUT2D eigenvalue weighted by molar-refractivity contribution is -0.150. The zero-order valence-electron chi connectivity index (χ0n) is 10.5. The van der Waals surface area contributed by atoms with Crippen LogP contribution < -0.4 is 0 Å². The first kappa shape index (κ1) is 17.6. The molecule has 0 fully saturated rings. The third-order valence-electron chi connectivity index (χ3n) is 3.18. The van der Waals surface area contributed by atoms with Crippen LogP contribution in [0.15, 0.2) is 0 Å². The van der Waals surface area contributed by atoms with Crippen LogP contribution >= 0.6 is 25.3 Å². The molecular formula is C12H22O4S2. The monoisotopic (exact) mass is 294 g/mol. The van der Waals surface area contributed by atoms with Crippen molar-refractivity contribution in [3.63, 3.8) is 0 Å². The zero-order chi connectivity index (χ0) is 14.0. The highest BCUT2D eigenvalue weighted by molar-refractivity contribution is 7.80. The van der Waals surface area contributed by atoms with E-state index in [4.69, 9.17) is 5.11 Å². The van der Waals surface area contributed by atoms with E-state index in [2.05, 4.69) is 25.3 Å². The fraction of sp³-hybridized carbons (Fsp3) is 0.833. The number of unbranched alkanes of at least 4 members (excludes halogenated alkanes) is 2. The average molecular weight is 294 g/mol. The first-order chi connectivity index (χ1) is 8.48. The van der Waals surface area contributed by atoms with Crippen LogP contribution in [0.3, 0.4) is 0 Å². The third kappa shape index (κ3) is 6.54. The SMILES string of the molecule is O=C(O)CCCCCC(CCS)(CCS)C(=O)O. The summed E-state index contributed by atoms with van der Waals surface area (Å²) in [7, 11) is 0. The van der Waals surface area contributed by atoms with Gasteiger partial charge in [-0.15, -0.1) is 0 Å². The largest absolute Gasteiger partial charge is 0.481 e. The van der Waals surface area contributed by atoms with E-state index in [1.807, 2.05) is 0 Å². The Bertz CT molecular complexity index is 263. The van der Waals surface area contributed by atoms with Gasteiger partial charge in [0.15, 0.2) is 0 Å². The first-order valence-electron chi connectivity index (χ1n) is 6.15. The number of carboxylic acids is 2. The summed E-state index contributed by atoms with van der Waals surface area (Å²) in [5.41, 5.74) is -0.743. The van der Waals surface area contributed by atoms with E-state index >= 15 is 0 Å². The highest BCUT2D eigenvalue weighted by Crippen LogP contribution is 2.34. The predicted molar refractivity (Wildman–Crippen MR) is 77.7 cm³/mol. The fourth-order valence-electron chi connectivity index (χ4n) is 2.04. The van der Waals surface area contributed by atoms with E-state index in [0.29, 0.717) is 37.2 Å². The molecule has 0 rings (SSSR count). The van der Waals surface area contributed by atoms with Gasteiger partial charge in [-0.3, -0.25) is 9.59 Å². The van der Waals surface area contributed by atoms with Gasteiger partial charge in [-0.2, -0.15) is 25.3 Å². The molecular weight excluding hydrogens is 272 g/mol. The minimum atomic E-state index is -0.801. The number of hydrogen-bond donors (Lipinski definition) is 4. The first-order valence-corrected chi connectivity index (χ1v) is 7.42. The van der Waals surface area contributed by atoms with Crippen molar-refractivity contribution >= 4 is 37.2 Å². The molecule has 0 aromatic heterocycles. The van der Waals surface area contributed by atoms with Gasteiger partial charge in [0.2, 0.25) is 0 Å². The van der Waals surface area contributed by atoms with Gasteiger partial charge in [0.1, 0.15) is 0 Å². The van der Waals surface area contributed by atoms with Crippen molar-refractivity contribution in [2.75, 3.05) is 11.5 Å². The minimum Gasteiger partial charge on any atom is -0.481 e. The predicted octanol–water partition coefficient (Wildman–Crippen LogP) is 2.73. The summed E-state index contributed by atoms with van der Waals surface area (Å²) >= 11 is 8.25. The van der Waals surface area contributed by atoms with Crippen molar-refractivity contribution in [1.82, 2.24) is 0 Å². The molecule has 18 heavy (non-hydrogen) atoms. The Morgan fingerprint density at radius 2 is 1.44 bits per heavy atom. The molecule has 0 unspecified atom stereocenters. The molecule has 0 bridgehead atoms. The minimum absolute atomic E-state index is 0.152. The molecule has 0 spiro atoms. The van der Waals surface area contributed by atoms with Gasteiger partial charge in [0, 0.05) is 6.42 Å². The number of thiol groups is 2. The van der Waals surface area contributed by atoms with Crippen LogP contribution in [-0.2, 0) is 9.59 Å². The molecule has 106 valence electrons. The summed E-state index contributed by atoms with van der Waals surface area (Å²) in [6, 6.07) is 0. The molecule has 0 saturated carbocycles. The summed E-state index contributed by atoms with van der Waals surface area (Å²) < 4.78 is 0. The standard InChI is InChI=1S/C12H22O4S2/c13-10(14)4-2-1-3-5-12(6-8-17,7-9-18)11(15)16/h17-18H,1-9H2,(H,13,14)(H,15,16). The molecule has 0 saturated heterocycles. The molecule has 0 radical (unpaired) electrons. The average Bonchev–Trinajstić information content (AvgIpc) is 2.28. The zero-order valence-corrected chi connectivity index (χ0v) is 12.3. The van der Waals surface area contributed by atoms with Crippen molar-refractivity contribution in [1.29, 1.82) is 0 Å². The molecule has 0 atom stereocenters. The molecule has 0 aromatic rings. The number of aliphatic carboxylic acids is 2. The van der Waals surface area contributed by atoms with E-state index in [1.165, 1.54) is 0 Å². The third-order valence-corrected chi connectivity index (χ3v) is 3.63. The van der Waals surface area contributed by atoms with Crippen molar-refractivity contribution < 1.29 is 19.8 Å². The van der Waals surface area contributed by atoms with Crippen LogP contribution in [0.2, 0.25) is 0 Å². The molecule has 6 heteroatoms. The summed E-state index contributed by atoms with van der Waals surface area (Å²) in [4.78, 5) is 21.8. The summed E-state index contributed by atoms with van der Waals surface area (Å²) in [6.07, 6.45) is 3.88. The van der Waals surface area contributed by atoms with Crippen molar-refractivity contribution in [3.8, 4) is 0 Å². The van der Waals surface area contributed by atoms with Crippen molar-refractivity contribution in [2.45, 2.75) is 44.9 Å². The van der Waals surface area contributed by atoms with E-state index < -0.39 is 17.4 Å². The molecule has 0 amide bonds. The fourth-order valence-corrected chi connectivity index (χ4v) is 2.90. The molecule has 0 aliphatic carbocycles. The van der Waals surface area contributed by atoms with Gasteiger partial charge in [0.25, 0.3) is 0 Å². The maximum absolute atomic E-state index is 11.4. The molecule has 4 nitrogen and oxygen atoms in total. The maximum Gasteiger partial charge on any atom is 0.309 e. The quantitative estimate of drug-likeness (QED) is 0.349. The van der Waals surface area contributed by atoms with Crippen molar-refractivity contribution in [2.24, 2.45) is 5.41 Å². The molecule has 0 aliphatic rings. The second-order valence-electron chi connectivity index (χ2n) is 4.49. The van der Waals surface area contributed by atoms with Gasteiger partial charge in [-0.05, 0) is 37.2 Å². The molecule has 0 heterocycles. The van der Waals surface area contributed by atoms with Gasteiger partial charge in [0.05, 0.1) is 5.41 Å². The Kier molecular flexibility index (Phi) is 9.36. The van der Waals surface area contributed by atoms with Crippen LogP contribution in [0, 0.1) is 5.41 Å². The summed E-state index contributed by atoms with van der Waals surface area (Å²) in [6.45, 7) is 0. The number of rotatable bonds is 11. The van der Waals surface area contributed by atoms with Crippen LogP contribution in [0.25, 0.3) is 0 Å². The number of hydrogen-bond acceptors (Lipinski definition) is 4. The van der Waals surface area contributed by atoms with E-state index in [-0.39, 0.29) is 6.42 Å². The van der Waals surface area contributed by atoms with E-state index in [0.717, 1.165) is 12.8 Å². The Hall–Kier alpha value is -0.360. The Morgan fingerprint density at radius 1 is 0.889 bits per heavy atom. The van der Waals surface area contributed by atoms with Crippen molar-refractivity contribution in [3.05, 3.63) is 0 Å². The lowest BCUT2D eigenvalue weighted by Gasteiger charge is -2.28. The highest BCUT2D eigenvalue weighted by Gasteiger charge is 2.36. The van der Waals surface area contributed by atoms with Gasteiger partial charge in [-0.25, -0.2) is 0 Å². The number of carboxylic acid groups (broad SMARTS) is 2. The second-order valence-corrected chi connectivity index (χ2v) is 5.38. The normalized spacial score (nSPS) is 11.4. The lowest BCUT2D eigenvalue weighted by Crippen LogP contribution is -2.32. The van der Waals surface area contributed by atoms with Crippen LogP contribution in [0.1, 0.15) is 44.9 Å². The smallest absolute Gasteiger partial charge is 0.309 e. The van der Waals surface area contributed by atoms with Crippen LogP contribution in [-0.4, -0.2) is 33.7 Å². The molecule has 0 aliphatic heterocycles. The molecule has 2 N–H and O–H groups in total. The Morgan fingerprint density at radius 3 is 1.83 bits per heavy atom. The number of carbonyl (C=O) groups is 2. The van der Waals surface area contributed by atoms with Crippen LogP contribution in [0.5, 0.6) is 0 Å². The summed E-state index contributed by atoms with van der Waals surface area (Å²) in [5, 5.41) is 17.9. The van der Waals surface area contributed by atoms with Gasteiger partial charge >= 0.3 is 11.9 Å². The molecule has 0 aromatic carbocycles.